The summed E-state index contributed by atoms with van der Waals surface area (Å²) in [6, 6.07) is 20.2. The van der Waals surface area contributed by atoms with Gasteiger partial charge in [0.05, 0.1) is 6.10 Å². The van der Waals surface area contributed by atoms with Crippen molar-refractivity contribution in [1.82, 2.24) is 0 Å². The average Bonchev–Trinajstić information content (AvgIpc) is 2.74. The standard InChI is InChI=1S/C26H33F3O4SSi/c1-19-17-20(18-25(5,6)23(19)32-34(30,31)26(27,28)29)33-35(24(2,3)4,21-13-9-7-10-14-21)22-15-11-8-12-16-22/h7-16,20H,17-18H2,1-6H3/t20-/m1/s1. The van der Waals surface area contributed by atoms with Crippen LogP contribution in [0.15, 0.2) is 72.0 Å². The highest BCUT2D eigenvalue weighted by Crippen LogP contribution is 2.46. The molecule has 192 valence electrons. The van der Waals surface area contributed by atoms with Gasteiger partial charge in [-0.25, -0.2) is 0 Å². The summed E-state index contributed by atoms with van der Waals surface area (Å²) in [6.45, 7) is 11.5. The van der Waals surface area contributed by atoms with Crippen LogP contribution in [-0.4, -0.2) is 28.3 Å². The van der Waals surface area contributed by atoms with Gasteiger partial charge >= 0.3 is 15.6 Å². The highest BCUT2D eigenvalue weighted by molar-refractivity contribution is 7.87. The molecule has 3 rings (SSSR count). The van der Waals surface area contributed by atoms with Gasteiger partial charge in [-0.05, 0) is 40.8 Å². The second kappa shape index (κ2) is 9.41. The first-order valence-corrected chi connectivity index (χ1v) is 14.8. The van der Waals surface area contributed by atoms with Crippen molar-refractivity contribution in [3.63, 3.8) is 0 Å². The van der Waals surface area contributed by atoms with Crippen LogP contribution >= 0.6 is 0 Å². The van der Waals surface area contributed by atoms with Gasteiger partial charge in [-0.1, -0.05) is 95.3 Å². The van der Waals surface area contributed by atoms with E-state index >= 15 is 0 Å². The molecule has 4 nitrogen and oxygen atoms in total. The molecular formula is C26H33F3O4SSi. The number of halogens is 3. The summed E-state index contributed by atoms with van der Waals surface area (Å²) in [4.78, 5) is 0. The quantitative estimate of drug-likeness (QED) is 0.268. The maximum atomic E-state index is 13.0. The Kier molecular flexibility index (Phi) is 7.39. The van der Waals surface area contributed by atoms with Crippen molar-refractivity contribution in [2.24, 2.45) is 5.41 Å². The van der Waals surface area contributed by atoms with Crippen LogP contribution in [0.2, 0.25) is 5.04 Å². The monoisotopic (exact) mass is 526 g/mol. The summed E-state index contributed by atoms with van der Waals surface area (Å²) < 4.78 is 74.4. The van der Waals surface area contributed by atoms with E-state index in [0.29, 0.717) is 12.0 Å². The molecule has 0 fully saturated rings. The fourth-order valence-electron chi connectivity index (χ4n) is 5.11. The third-order valence-corrected chi connectivity index (χ3v) is 12.6. The third-order valence-electron chi connectivity index (χ3n) is 6.51. The van der Waals surface area contributed by atoms with Gasteiger partial charge in [0, 0.05) is 5.41 Å². The summed E-state index contributed by atoms with van der Waals surface area (Å²) in [6.07, 6.45) is 0.256. The zero-order chi connectivity index (χ0) is 26.3. The second-order valence-corrected chi connectivity index (χ2v) is 16.6. The molecule has 1 aliphatic rings. The molecule has 2 aromatic carbocycles. The highest BCUT2D eigenvalue weighted by atomic mass is 32.2. The topological polar surface area (TPSA) is 52.6 Å². The maximum absolute atomic E-state index is 13.0. The lowest BCUT2D eigenvalue weighted by Gasteiger charge is -2.47. The van der Waals surface area contributed by atoms with Crippen LogP contribution in [0.5, 0.6) is 0 Å². The van der Waals surface area contributed by atoms with Crippen molar-refractivity contribution < 1.29 is 30.2 Å². The van der Waals surface area contributed by atoms with Gasteiger partial charge in [-0.15, -0.1) is 0 Å². The van der Waals surface area contributed by atoms with Crippen LogP contribution in [0.1, 0.15) is 54.4 Å². The van der Waals surface area contributed by atoms with Crippen LogP contribution < -0.4 is 10.4 Å². The molecule has 0 aliphatic heterocycles. The van der Waals surface area contributed by atoms with Gasteiger partial charge in [0.1, 0.15) is 5.76 Å². The number of alkyl halides is 3. The Morgan fingerprint density at radius 3 is 1.74 bits per heavy atom. The van der Waals surface area contributed by atoms with Crippen molar-refractivity contribution >= 4 is 28.8 Å². The SMILES string of the molecule is CC1=C(OS(=O)(=O)C(F)(F)F)C(C)(C)C[C@H](O[Si](c2ccccc2)(c2ccccc2)C(C)(C)C)C1. The van der Waals surface area contributed by atoms with Crippen LogP contribution in [0, 0.1) is 5.41 Å². The van der Waals surface area contributed by atoms with Crippen molar-refractivity contribution in [1.29, 1.82) is 0 Å². The minimum Gasteiger partial charge on any atom is -0.404 e. The lowest BCUT2D eigenvalue weighted by atomic mass is 9.77. The van der Waals surface area contributed by atoms with Crippen molar-refractivity contribution in [2.75, 3.05) is 0 Å². The Labute approximate surface area is 207 Å². The lowest BCUT2D eigenvalue weighted by Crippen LogP contribution is -2.68. The number of benzene rings is 2. The van der Waals surface area contributed by atoms with Gasteiger partial charge in [0.25, 0.3) is 8.32 Å². The zero-order valence-electron chi connectivity index (χ0n) is 20.9. The molecule has 1 aliphatic carbocycles. The first-order chi connectivity index (χ1) is 16.0. The van der Waals surface area contributed by atoms with Crippen molar-refractivity contribution in [3.05, 3.63) is 72.0 Å². The molecule has 0 saturated carbocycles. The van der Waals surface area contributed by atoms with Crippen LogP contribution in [-0.2, 0) is 18.7 Å². The van der Waals surface area contributed by atoms with E-state index < -0.39 is 29.4 Å². The van der Waals surface area contributed by atoms with Crippen LogP contribution in [0.25, 0.3) is 0 Å². The maximum Gasteiger partial charge on any atom is 0.534 e. The summed E-state index contributed by atoms with van der Waals surface area (Å²) in [7, 11) is -8.64. The van der Waals surface area contributed by atoms with E-state index in [1.165, 1.54) is 0 Å². The van der Waals surface area contributed by atoms with Crippen LogP contribution in [0.3, 0.4) is 0 Å². The smallest absolute Gasteiger partial charge is 0.404 e. The normalized spacial score (nSPS) is 19.5. The molecule has 0 amide bonds. The molecule has 0 spiro atoms. The number of hydrogen-bond acceptors (Lipinski definition) is 4. The Bertz CT molecular complexity index is 1130. The minimum absolute atomic E-state index is 0.155. The molecule has 0 heterocycles. The van der Waals surface area contributed by atoms with E-state index in [4.69, 9.17) is 4.43 Å². The second-order valence-electron chi connectivity index (χ2n) is 10.8. The predicted molar refractivity (Wildman–Crippen MR) is 134 cm³/mol. The molecule has 0 bridgehead atoms. The lowest BCUT2D eigenvalue weighted by molar-refractivity contribution is -0.0538. The van der Waals surface area contributed by atoms with E-state index in [1.807, 2.05) is 36.4 Å². The van der Waals surface area contributed by atoms with E-state index in [2.05, 4.69) is 49.2 Å². The first-order valence-electron chi connectivity index (χ1n) is 11.5. The van der Waals surface area contributed by atoms with Gasteiger partial charge in [0.15, 0.2) is 0 Å². The fraction of sp³-hybridized carbons (Fsp3) is 0.462. The van der Waals surface area contributed by atoms with E-state index in [9.17, 15) is 21.6 Å². The minimum atomic E-state index is -5.75. The van der Waals surface area contributed by atoms with Crippen LogP contribution in [0.4, 0.5) is 13.2 Å². The predicted octanol–water partition coefficient (Wildman–Crippen LogP) is 5.89. The third kappa shape index (κ3) is 5.37. The Hall–Kier alpha value is -2.10. The van der Waals surface area contributed by atoms with E-state index in [1.54, 1.807) is 20.8 Å². The summed E-state index contributed by atoms with van der Waals surface area (Å²) in [5.41, 5.74) is -6.02. The Balaban J connectivity index is 2.09. The van der Waals surface area contributed by atoms with E-state index in [0.717, 1.165) is 10.4 Å². The molecule has 0 radical (unpaired) electrons. The number of rotatable bonds is 6. The Morgan fingerprint density at radius 2 is 1.37 bits per heavy atom. The largest absolute Gasteiger partial charge is 0.534 e. The first kappa shape index (κ1) is 27.5. The Morgan fingerprint density at radius 1 is 0.914 bits per heavy atom. The van der Waals surface area contributed by atoms with E-state index in [-0.39, 0.29) is 23.3 Å². The van der Waals surface area contributed by atoms with Gasteiger partial charge in [-0.2, -0.15) is 21.6 Å². The molecule has 2 aromatic rings. The molecule has 0 unspecified atom stereocenters. The van der Waals surface area contributed by atoms with Gasteiger partial charge in [0.2, 0.25) is 0 Å². The summed E-state index contributed by atoms with van der Waals surface area (Å²) >= 11 is 0. The van der Waals surface area contributed by atoms with Gasteiger partial charge in [-0.3, -0.25) is 0 Å². The molecule has 0 N–H and O–H groups in total. The fourth-order valence-corrected chi connectivity index (χ4v) is 10.5. The van der Waals surface area contributed by atoms with Gasteiger partial charge < -0.3 is 8.61 Å². The molecular weight excluding hydrogens is 493 g/mol. The molecule has 0 saturated heterocycles. The summed E-state index contributed by atoms with van der Waals surface area (Å²) in [5, 5.41) is 1.92. The van der Waals surface area contributed by atoms with Crippen molar-refractivity contribution in [2.45, 2.75) is 71.0 Å². The number of allylic oxidation sites excluding steroid dienone is 1. The molecule has 9 heteroatoms. The molecule has 35 heavy (non-hydrogen) atoms. The van der Waals surface area contributed by atoms with Crippen molar-refractivity contribution in [3.8, 4) is 0 Å². The molecule has 1 atom stereocenters. The highest BCUT2D eigenvalue weighted by Gasteiger charge is 2.54. The average molecular weight is 527 g/mol. The number of hydrogen-bond donors (Lipinski definition) is 0. The summed E-state index contributed by atoms with van der Waals surface area (Å²) in [5.74, 6) is -0.155. The zero-order valence-corrected chi connectivity index (χ0v) is 22.8. The molecule has 0 aromatic heterocycles.